The maximum atomic E-state index is 5.81. The molecule has 0 unspecified atom stereocenters. The lowest BCUT2D eigenvalue weighted by atomic mass is 10.3. The van der Waals surface area contributed by atoms with Crippen LogP contribution in [0.3, 0.4) is 0 Å². The topological polar surface area (TPSA) is 68.2 Å². The van der Waals surface area contributed by atoms with Gasteiger partial charge in [0.05, 0.1) is 5.69 Å². The summed E-state index contributed by atoms with van der Waals surface area (Å²) in [5.74, 6) is 0.536. The Balaban J connectivity index is 1.99. The molecule has 17 heavy (non-hydrogen) atoms. The normalized spacial score (nSPS) is 10.6. The van der Waals surface area contributed by atoms with E-state index in [1.165, 1.54) is 0 Å². The van der Waals surface area contributed by atoms with Gasteiger partial charge in [0.1, 0.15) is 0 Å². The first-order valence-electron chi connectivity index (χ1n) is 5.26. The van der Waals surface area contributed by atoms with Crippen molar-refractivity contribution in [1.29, 1.82) is 0 Å². The highest BCUT2D eigenvalue weighted by molar-refractivity contribution is 5.66. The Morgan fingerprint density at radius 3 is 2.65 bits per heavy atom. The third-order valence-electron chi connectivity index (χ3n) is 2.42. The molecule has 3 rings (SSSR count). The van der Waals surface area contributed by atoms with E-state index in [0.717, 1.165) is 5.69 Å². The average Bonchev–Trinajstić information content (AvgIpc) is 2.74. The van der Waals surface area contributed by atoms with Crippen LogP contribution in [0.25, 0.3) is 5.65 Å². The zero-order valence-corrected chi connectivity index (χ0v) is 9.04. The lowest BCUT2D eigenvalue weighted by Gasteiger charge is -1.98. The van der Waals surface area contributed by atoms with E-state index >= 15 is 0 Å². The van der Waals surface area contributed by atoms with E-state index in [-0.39, 0.29) is 0 Å². The number of aromatic nitrogens is 3. The predicted molar refractivity (Wildman–Crippen MR) is 67.1 cm³/mol. The van der Waals surface area contributed by atoms with Crippen molar-refractivity contribution in [2.45, 2.75) is 0 Å². The molecule has 0 aliphatic carbocycles. The summed E-state index contributed by atoms with van der Waals surface area (Å²) in [7, 11) is 0. The van der Waals surface area contributed by atoms with Crippen LogP contribution in [0.15, 0.2) is 48.7 Å². The number of hydrogen-bond acceptors (Lipinski definition) is 4. The predicted octanol–water partition coefficient (Wildman–Crippen LogP) is 2.06. The van der Waals surface area contributed by atoms with Gasteiger partial charge in [-0.2, -0.15) is 4.98 Å². The van der Waals surface area contributed by atoms with E-state index < -0.39 is 0 Å². The van der Waals surface area contributed by atoms with E-state index in [1.54, 1.807) is 10.6 Å². The molecule has 0 amide bonds. The molecule has 0 saturated heterocycles. The van der Waals surface area contributed by atoms with Crippen LogP contribution in [0.5, 0.6) is 0 Å². The molecular formula is C12H11N5. The van der Waals surface area contributed by atoms with Crippen LogP contribution < -0.4 is 11.1 Å². The van der Waals surface area contributed by atoms with Crippen molar-refractivity contribution in [3.05, 3.63) is 48.7 Å². The van der Waals surface area contributed by atoms with Crippen LogP contribution in [0, 0.1) is 0 Å². The van der Waals surface area contributed by atoms with Crippen molar-refractivity contribution in [3.8, 4) is 0 Å². The average molecular weight is 225 g/mol. The number of pyridine rings is 1. The summed E-state index contributed by atoms with van der Waals surface area (Å²) in [5.41, 5.74) is 8.03. The zero-order valence-electron chi connectivity index (χ0n) is 9.04. The summed E-state index contributed by atoms with van der Waals surface area (Å²) in [6, 6.07) is 13.4. The van der Waals surface area contributed by atoms with Gasteiger partial charge in [-0.3, -0.25) is 0 Å². The summed E-state index contributed by atoms with van der Waals surface area (Å²) < 4.78 is 1.65. The number of nitrogens with two attached hydrogens (primary N) is 1. The Morgan fingerprint density at radius 1 is 1.06 bits per heavy atom. The molecule has 0 aliphatic heterocycles. The van der Waals surface area contributed by atoms with Gasteiger partial charge in [0.25, 0.3) is 0 Å². The molecule has 2 aromatic heterocycles. The standard InChI is InChI=1S/C12H11N5/c13-10-7-4-8-17-11(10)15-12(16-17)14-9-5-2-1-3-6-9/h1-8H,13H2,(H,14,16). The molecule has 84 valence electrons. The van der Waals surface area contributed by atoms with Crippen molar-refractivity contribution >= 4 is 23.0 Å². The molecule has 3 N–H and O–H groups in total. The highest BCUT2D eigenvalue weighted by Gasteiger charge is 2.05. The SMILES string of the molecule is Nc1cccn2nc(Nc3ccccc3)nc12. The number of nitrogens with zero attached hydrogens (tertiary/aromatic N) is 3. The van der Waals surface area contributed by atoms with Gasteiger partial charge in [-0.15, -0.1) is 5.10 Å². The van der Waals surface area contributed by atoms with Crippen LogP contribution in [-0.4, -0.2) is 14.6 Å². The number of para-hydroxylation sites is 1. The van der Waals surface area contributed by atoms with E-state index in [1.807, 2.05) is 42.6 Å². The summed E-state index contributed by atoms with van der Waals surface area (Å²) in [6.45, 7) is 0. The largest absolute Gasteiger partial charge is 0.396 e. The maximum Gasteiger partial charge on any atom is 0.247 e. The summed E-state index contributed by atoms with van der Waals surface area (Å²) in [6.07, 6.45) is 1.81. The number of fused-ring (bicyclic) bond motifs is 1. The van der Waals surface area contributed by atoms with Gasteiger partial charge in [0.2, 0.25) is 5.95 Å². The lowest BCUT2D eigenvalue weighted by molar-refractivity contribution is 0.966. The smallest absolute Gasteiger partial charge is 0.247 e. The van der Waals surface area contributed by atoms with E-state index in [2.05, 4.69) is 15.4 Å². The minimum Gasteiger partial charge on any atom is -0.396 e. The fourth-order valence-electron chi connectivity index (χ4n) is 1.63. The molecule has 5 nitrogen and oxygen atoms in total. The molecular weight excluding hydrogens is 214 g/mol. The highest BCUT2D eigenvalue weighted by Crippen LogP contribution is 2.16. The highest BCUT2D eigenvalue weighted by atomic mass is 15.3. The zero-order chi connectivity index (χ0) is 11.7. The van der Waals surface area contributed by atoms with Gasteiger partial charge in [-0.05, 0) is 24.3 Å². The number of rotatable bonds is 2. The Labute approximate surface area is 97.9 Å². The van der Waals surface area contributed by atoms with E-state index in [0.29, 0.717) is 17.3 Å². The Hall–Kier alpha value is -2.56. The molecule has 0 radical (unpaired) electrons. The Bertz CT molecular complexity index is 644. The third-order valence-corrected chi connectivity index (χ3v) is 2.42. The first-order chi connectivity index (χ1) is 8.33. The molecule has 0 fully saturated rings. The lowest BCUT2D eigenvalue weighted by Crippen LogP contribution is -1.92. The molecule has 0 aliphatic rings. The number of benzene rings is 1. The minimum atomic E-state index is 0.536. The number of hydrogen-bond donors (Lipinski definition) is 2. The molecule has 0 bridgehead atoms. The molecule has 5 heteroatoms. The number of nitrogens with one attached hydrogen (secondary N) is 1. The van der Waals surface area contributed by atoms with Gasteiger partial charge in [0.15, 0.2) is 5.65 Å². The van der Waals surface area contributed by atoms with Crippen LogP contribution in [0.1, 0.15) is 0 Å². The van der Waals surface area contributed by atoms with Crippen LogP contribution in [-0.2, 0) is 0 Å². The van der Waals surface area contributed by atoms with Gasteiger partial charge < -0.3 is 11.1 Å². The summed E-state index contributed by atoms with van der Waals surface area (Å²) in [4.78, 5) is 4.32. The molecule has 1 aromatic carbocycles. The van der Waals surface area contributed by atoms with Gasteiger partial charge in [-0.25, -0.2) is 4.52 Å². The second-order valence-electron chi connectivity index (χ2n) is 3.66. The van der Waals surface area contributed by atoms with Crippen LogP contribution in [0.4, 0.5) is 17.3 Å². The fourth-order valence-corrected chi connectivity index (χ4v) is 1.63. The number of nitrogen functional groups attached to an aromatic ring is 1. The van der Waals surface area contributed by atoms with E-state index in [9.17, 15) is 0 Å². The van der Waals surface area contributed by atoms with Gasteiger partial charge >= 0.3 is 0 Å². The van der Waals surface area contributed by atoms with Crippen molar-refractivity contribution < 1.29 is 0 Å². The second kappa shape index (κ2) is 3.79. The fraction of sp³-hybridized carbons (Fsp3) is 0. The third kappa shape index (κ3) is 1.78. The molecule has 0 spiro atoms. The minimum absolute atomic E-state index is 0.536. The first kappa shape index (κ1) is 9.65. The molecule has 0 atom stereocenters. The van der Waals surface area contributed by atoms with Crippen molar-refractivity contribution in [2.75, 3.05) is 11.1 Å². The summed E-state index contributed by atoms with van der Waals surface area (Å²) in [5, 5.41) is 7.41. The van der Waals surface area contributed by atoms with Crippen LogP contribution >= 0.6 is 0 Å². The van der Waals surface area contributed by atoms with Crippen molar-refractivity contribution in [2.24, 2.45) is 0 Å². The van der Waals surface area contributed by atoms with Gasteiger partial charge in [-0.1, -0.05) is 18.2 Å². The first-order valence-corrected chi connectivity index (χ1v) is 5.26. The van der Waals surface area contributed by atoms with Crippen LogP contribution in [0.2, 0.25) is 0 Å². The van der Waals surface area contributed by atoms with Gasteiger partial charge in [0, 0.05) is 11.9 Å². The van der Waals surface area contributed by atoms with E-state index in [4.69, 9.17) is 5.73 Å². The molecule has 0 saturated carbocycles. The Morgan fingerprint density at radius 2 is 1.88 bits per heavy atom. The Kier molecular flexibility index (Phi) is 2.15. The summed E-state index contributed by atoms with van der Waals surface area (Å²) >= 11 is 0. The van der Waals surface area contributed by atoms with Crippen molar-refractivity contribution in [1.82, 2.24) is 14.6 Å². The second-order valence-corrected chi connectivity index (χ2v) is 3.66. The molecule has 3 aromatic rings. The quantitative estimate of drug-likeness (QED) is 0.700. The maximum absolute atomic E-state index is 5.81. The monoisotopic (exact) mass is 225 g/mol. The van der Waals surface area contributed by atoms with Crippen molar-refractivity contribution in [3.63, 3.8) is 0 Å². The number of anilines is 3. The molecule has 2 heterocycles.